The molecular formula is C24H42N2O2. The normalized spacial score (nSPS) is 11.0. The van der Waals surface area contributed by atoms with Gasteiger partial charge in [0.05, 0.1) is 5.56 Å². The third kappa shape index (κ3) is 8.99. The molecule has 0 fully saturated rings. The maximum absolute atomic E-state index is 13.1. The van der Waals surface area contributed by atoms with Crippen molar-refractivity contribution < 1.29 is 9.90 Å². The van der Waals surface area contributed by atoms with Gasteiger partial charge in [0, 0.05) is 18.8 Å². The van der Waals surface area contributed by atoms with Gasteiger partial charge in [-0.3, -0.25) is 4.79 Å². The first-order chi connectivity index (χ1) is 13.5. The highest BCUT2D eigenvalue weighted by molar-refractivity contribution is 6.00. The summed E-state index contributed by atoms with van der Waals surface area (Å²) >= 11 is 0. The molecule has 28 heavy (non-hydrogen) atoms. The predicted molar refractivity (Wildman–Crippen MR) is 120 cm³/mol. The summed E-state index contributed by atoms with van der Waals surface area (Å²) in [5.74, 6) is 0.0627. The van der Waals surface area contributed by atoms with Gasteiger partial charge in [-0.25, -0.2) is 0 Å². The van der Waals surface area contributed by atoms with Crippen LogP contribution in [0.4, 0.5) is 5.69 Å². The van der Waals surface area contributed by atoms with Gasteiger partial charge < -0.3 is 15.7 Å². The van der Waals surface area contributed by atoms with E-state index >= 15 is 0 Å². The van der Waals surface area contributed by atoms with E-state index in [1.165, 1.54) is 57.4 Å². The lowest BCUT2D eigenvalue weighted by molar-refractivity contribution is 0.0749. The Kier molecular flexibility index (Phi) is 12.4. The minimum absolute atomic E-state index is 0.0429. The van der Waals surface area contributed by atoms with Crippen molar-refractivity contribution >= 4 is 11.6 Å². The number of unbranched alkanes of at least 4 members (excludes halogenated alkanes) is 10. The van der Waals surface area contributed by atoms with E-state index in [0.717, 1.165) is 44.3 Å². The highest BCUT2D eigenvalue weighted by atomic mass is 16.3. The SMILES string of the molecule is CCCCCCCCN(CCCCCCCC)C(=O)c1cc(O)cc(C)c1N. The summed E-state index contributed by atoms with van der Waals surface area (Å²) in [6.07, 6.45) is 14.5. The first-order valence-corrected chi connectivity index (χ1v) is 11.4. The second kappa shape index (κ2) is 14.3. The summed E-state index contributed by atoms with van der Waals surface area (Å²) < 4.78 is 0. The van der Waals surface area contributed by atoms with Crippen LogP contribution in [0.15, 0.2) is 12.1 Å². The molecule has 1 amide bonds. The van der Waals surface area contributed by atoms with Crippen LogP contribution in [-0.2, 0) is 0 Å². The van der Waals surface area contributed by atoms with E-state index in [1.54, 1.807) is 6.07 Å². The molecule has 0 saturated carbocycles. The summed E-state index contributed by atoms with van der Waals surface area (Å²) in [6.45, 7) is 7.82. The van der Waals surface area contributed by atoms with Gasteiger partial charge in [-0.2, -0.15) is 0 Å². The van der Waals surface area contributed by atoms with Crippen LogP contribution in [0.2, 0.25) is 0 Å². The molecule has 3 N–H and O–H groups in total. The molecule has 160 valence electrons. The number of nitrogen functional groups attached to an aromatic ring is 1. The Morgan fingerprint density at radius 3 is 1.82 bits per heavy atom. The summed E-state index contributed by atoms with van der Waals surface area (Å²) in [5, 5.41) is 9.92. The smallest absolute Gasteiger partial charge is 0.256 e. The topological polar surface area (TPSA) is 66.6 Å². The molecule has 0 radical (unpaired) electrons. The zero-order valence-electron chi connectivity index (χ0n) is 18.4. The quantitative estimate of drug-likeness (QED) is 0.205. The van der Waals surface area contributed by atoms with Crippen LogP contribution in [0.3, 0.4) is 0 Å². The summed E-state index contributed by atoms with van der Waals surface area (Å²) in [4.78, 5) is 15.1. The number of aromatic hydroxyl groups is 1. The van der Waals surface area contributed by atoms with Crippen LogP contribution in [-0.4, -0.2) is 29.0 Å². The minimum atomic E-state index is -0.0429. The van der Waals surface area contributed by atoms with E-state index in [0.29, 0.717) is 11.3 Å². The predicted octanol–water partition coefficient (Wildman–Crippen LogP) is 6.45. The first-order valence-electron chi connectivity index (χ1n) is 11.4. The average molecular weight is 391 g/mol. The fraction of sp³-hybridized carbons (Fsp3) is 0.708. The molecule has 0 heterocycles. The third-order valence-electron chi connectivity index (χ3n) is 5.45. The van der Waals surface area contributed by atoms with Gasteiger partial charge in [0.15, 0.2) is 0 Å². The van der Waals surface area contributed by atoms with Crippen molar-refractivity contribution in [2.45, 2.75) is 97.8 Å². The molecule has 0 aliphatic heterocycles. The molecule has 0 saturated heterocycles. The molecule has 0 aliphatic rings. The van der Waals surface area contributed by atoms with Gasteiger partial charge in [-0.05, 0) is 37.5 Å². The number of amides is 1. The van der Waals surface area contributed by atoms with E-state index < -0.39 is 0 Å². The van der Waals surface area contributed by atoms with E-state index in [2.05, 4.69) is 13.8 Å². The van der Waals surface area contributed by atoms with Crippen molar-refractivity contribution in [1.29, 1.82) is 0 Å². The number of hydrogen-bond donors (Lipinski definition) is 2. The Morgan fingerprint density at radius 1 is 0.857 bits per heavy atom. The summed E-state index contributed by atoms with van der Waals surface area (Å²) in [5.41, 5.74) is 7.83. The lowest BCUT2D eigenvalue weighted by atomic mass is 10.1. The first kappa shape index (κ1) is 24.3. The van der Waals surface area contributed by atoms with E-state index in [-0.39, 0.29) is 11.7 Å². The number of rotatable bonds is 15. The molecule has 4 nitrogen and oxygen atoms in total. The molecule has 0 spiro atoms. The highest BCUT2D eigenvalue weighted by Crippen LogP contribution is 2.25. The second-order valence-electron chi connectivity index (χ2n) is 8.05. The van der Waals surface area contributed by atoms with Crippen molar-refractivity contribution in [2.75, 3.05) is 18.8 Å². The van der Waals surface area contributed by atoms with Crippen molar-refractivity contribution in [3.05, 3.63) is 23.3 Å². The van der Waals surface area contributed by atoms with Crippen molar-refractivity contribution in [2.24, 2.45) is 0 Å². The lowest BCUT2D eigenvalue weighted by Gasteiger charge is -2.24. The molecular weight excluding hydrogens is 348 g/mol. The van der Waals surface area contributed by atoms with E-state index in [9.17, 15) is 9.90 Å². The fourth-order valence-electron chi connectivity index (χ4n) is 3.61. The fourth-order valence-corrected chi connectivity index (χ4v) is 3.61. The molecule has 1 aromatic carbocycles. The Morgan fingerprint density at radius 2 is 1.32 bits per heavy atom. The number of aryl methyl sites for hydroxylation is 1. The molecule has 0 aromatic heterocycles. The molecule has 1 aromatic rings. The molecule has 1 rings (SSSR count). The van der Waals surface area contributed by atoms with Crippen molar-refractivity contribution in [3.8, 4) is 5.75 Å². The van der Waals surface area contributed by atoms with Gasteiger partial charge in [0.25, 0.3) is 5.91 Å². The van der Waals surface area contributed by atoms with Crippen LogP contribution >= 0.6 is 0 Å². The largest absolute Gasteiger partial charge is 0.508 e. The van der Waals surface area contributed by atoms with Crippen LogP contribution in [0.5, 0.6) is 5.75 Å². The number of hydrogen-bond acceptors (Lipinski definition) is 3. The Labute approximate surface area is 172 Å². The molecule has 0 unspecified atom stereocenters. The standard InChI is InChI=1S/C24H42N2O2/c1-4-6-8-10-12-14-16-26(17-15-13-11-9-7-5-2)24(28)22-19-21(27)18-20(3)23(22)25/h18-19,27H,4-17,25H2,1-3H3. The summed E-state index contributed by atoms with van der Waals surface area (Å²) in [7, 11) is 0. The van der Waals surface area contributed by atoms with Crippen LogP contribution in [0, 0.1) is 6.92 Å². The van der Waals surface area contributed by atoms with Crippen LogP contribution in [0.1, 0.15) is 107 Å². The molecule has 0 atom stereocenters. The number of carbonyl (C=O) groups is 1. The van der Waals surface area contributed by atoms with Crippen molar-refractivity contribution in [3.63, 3.8) is 0 Å². The zero-order chi connectivity index (χ0) is 20.8. The van der Waals surface area contributed by atoms with Gasteiger partial charge in [-0.1, -0.05) is 78.1 Å². The number of phenolic OH excluding ortho intramolecular Hbond substituents is 1. The Hall–Kier alpha value is -1.71. The van der Waals surface area contributed by atoms with E-state index in [1.807, 2.05) is 11.8 Å². The summed E-state index contributed by atoms with van der Waals surface area (Å²) in [6, 6.07) is 3.12. The minimum Gasteiger partial charge on any atom is -0.508 e. The number of anilines is 1. The third-order valence-corrected chi connectivity index (χ3v) is 5.45. The molecule has 0 bridgehead atoms. The van der Waals surface area contributed by atoms with Gasteiger partial charge in [-0.15, -0.1) is 0 Å². The van der Waals surface area contributed by atoms with Gasteiger partial charge in [0.2, 0.25) is 0 Å². The Balaban J connectivity index is 2.66. The Bertz CT molecular complexity index is 556. The van der Waals surface area contributed by atoms with E-state index in [4.69, 9.17) is 5.73 Å². The van der Waals surface area contributed by atoms with Crippen molar-refractivity contribution in [1.82, 2.24) is 4.90 Å². The zero-order valence-corrected chi connectivity index (χ0v) is 18.4. The van der Waals surface area contributed by atoms with Gasteiger partial charge in [0.1, 0.15) is 5.75 Å². The highest BCUT2D eigenvalue weighted by Gasteiger charge is 2.19. The number of carbonyl (C=O) groups excluding carboxylic acids is 1. The second-order valence-corrected chi connectivity index (χ2v) is 8.05. The molecule has 0 aliphatic carbocycles. The average Bonchev–Trinajstić information content (AvgIpc) is 2.67. The maximum Gasteiger partial charge on any atom is 0.256 e. The maximum atomic E-state index is 13.1. The number of nitrogens with zero attached hydrogens (tertiary/aromatic N) is 1. The molecule has 4 heteroatoms. The monoisotopic (exact) mass is 390 g/mol. The lowest BCUT2D eigenvalue weighted by Crippen LogP contribution is -2.33. The van der Waals surface area contributed by atoms with Gasteiger partial charge >= 0.3 is 0 Å². The van der Waals surface area contributed by atoms with Crippen LogP contribution in [0.25, 0.3) is 0 Å². The number of benzene rings is 1. The number of nitrogens with two attached hydrogens (primary N) is 1. The number of phenols is 1. The van der Waals surface area contributed by atoms with Crippen LogP contribution < -0.4 is 5.73 Å².